The lowest BCUT2D eigenvalue weighted by Gasteiger charge is -2.49. The summed E-state index contributed by atoms with van der Waals surface area (Å²) in [5.41, 5.74) is 6.94. The number of amides is 4. The minimum absolute atomic E-state index is 0.0453. The van der Waals surface area contributed by atoms with E-state index >= 15 is 0 Å². The van der Waals surface area contributed by atoms with Crippen LogP contribution in [0.5, 0.6) is 5.75 Å². The average molecular weight is 793 g/mol. The highest BCUT2D eigenvalue weighted by molar-refractivity contribution is 8.00. The molecule has 2 aromatic heterocycles. The van der Waals surface area contributed by atoms with Crippen molar-refractivity contribution in [2.75, 3.05) is 23.3 Å². The molecule has 1 aliphatic carbocycles. The Labute approximate surface area is 320 Å². The number of rotatable bonds is 12. The number of nitrogen functional groups attached to an aromatic ring is 1. The predicted octanol–water partition coefficient (Wildman–Crippen LogP) is 1.65. The van der Waals surface area contributed by atoms with Gasteiger partial charge in [0.05, 0.1) is 0 Å². The van der Waals surface area contributed by atoms with Crippen LogP contribution in [0.25, 0.3) is 0 Å². The van der Waals surface area contributed by atoms with Crippen LogP contribution >= 0.6 is 23.3 Å². The fraction of sp³-hybridized carbons (Fsp3) is 0.343. The molecule has 6 N–H and O–H groups in total. The Kier molecular flexibility index (Phi) is 10.8. The number of halogens is 1. The number of aromatic hydroxyl groups is 1. The number of likely N-dealkylation sites (tertiary alicyclic amines) is 1. The third-order valence-electron chi connectivity index (χ3n) is 9.40. The zero-order chi connectivity index (χ0) is 38.8. The number of phenolic OH excluding ortho intramolecular Hbond substituents is 1. The van der Waals surface area contributed by atoms with E-state index in [4.69, 9.17) is 10.6 Å². The van der Waals surface area contributed by atoms with Gasteiger partial charge < -0.3 is 36.3 Å². The van der Waals surface area contributed by atoms with E-state index in [2.05, 4.69) is 25.1 Å². The summed E-state index contributed by atoms with van der Waals surface area (Å²) >= 11 is 2.13. The largest absolute Gasteiger partial charge is 0.505 e. The molecule has 4 amide bonds. The summed E-state index contributed by atoms with van der Waals surface area (Å²) in [6, 6.07) is 6.01. The van der Waals surface area contributed by atoms with E-state index in [9.17, 15) is 38.6 Å². The lowest BCUT2D eigenvalue weighted by Crippen LogP contribution is -2.71. The van der Waals surface area contributed by atoms with Crippen molar-refractivity contribution in [1.82, 2.24) is 24.5 Å². The number of β-lactam (4-membered cyclic amide) rings is 1. The van der Waals surface area contributed by atoms with E-state index in [0.717, 1.165) is 59.8 Å². The van der Waals surface area contributed by atoms with Crippen LogP contribution in [-0.4, -0.2) is 94.5 Å². The first-order valence-electron chi connectivity index (χ1n) is 17.3. The van der Waals surface area contributed by atoms with Gasteiger partial charge in [-0.1, -0.05) is 5.16 Å². The molecule has 286 valence electrons. The lowest BCUT2D eigenvalue weighted by molar-refractivity contribution is -0.684. The summed E-state index contributed by atoms with van der Waals surface area (Å²) < 4.78 is 19.3. The molecule has 1 aromatic carbocycles. The van der Waals surface area contributed by atoms with Gasteiger partial charge in [-0.3, -0.25) is 24.1 Å². The molecule has 0 bridgehead atoms. The van der Waals surface area contributed by atoms with Crippen molar-refractivity contribution in [1.29, 1.82) is 0 Å². The Morgan fingerprint density at radius 3 is 2.62 bits per heavy atom. The van der Waals surface area contributed by atoms with Gasteiger partial charge in [-0.05, 0) is 61.4 Å². The van der Waals surface area contributed by atoms with Gasteiger partial charge in [0.15, 0.2) is 29.1 Å². The maximum Gasteiger partial charge on any atom is 0.352 e. The number of carbonyl (C=O) groups is 5. The summed E-state index contributed by atoms with van der Waals surface area (Å²) in [6.45, 7) is 0.597. The number of carbonyl (C=O) groups excluding carboxylic acids is 4. The van der Waals surface area contributed by atoms with Crippen molar-refractivity contribution >= 4 is 69.4 Å². The summed E-state index contributed by atoms with van der Waals surface area (Å²) in [4.78, 5) is 77.6. The van der Waals surface area contributed by atoms with Gasteiger partial charge in [0.1, 0.15) is 23.2 Å². The highest BCUT2D eigenvalue weighted by atomic mass is 32.2. The lowest BCUT2D eigenvalue weighted by atomic mass is 10.0. The molecule has 20 heteroatoms. The van der Waals surface area contributed by atoms with Crippen molar-refractivity contribution in [3.8, 4) is 5.75 Å². The molecular formula is C35H35FN9O8S2+. The number of aromatic nitrogens is 3. The number of oxime groups is 1. The molecule has 2 saturated heterocycles. The molecule has 55 heavy (non-hydrogen) atoms. The number of fused-ring (bicyclic) bond motifs is 1. The van der Waals surface area contributed by atoms with Crippen LogP contribution in [0.4, 0.5) is 15.2 Å². The number of nitrogens with zero attached hydrogens (tertiary/aromatic N) is 6. The summed E-state index contributed by atoms with van der Waals surface area (Å²) in [5, 5.41) is 28.2. The molecule has 7 rings (SSSR count). The first-order chi connectivity index (χ1) is 26.4. The number of pyridine rings is 1. The first kappa shape index (κ1) is 37.4. The van der Waals surface area contributed by atoms with Gasteiger partial charge in [-0.2, -0.15) is 13.9 Å². The number of hydrogen-bond donors (Lipinski definition) is 5. The highest BCUT2D eigenvalue weighted by Gasteiger charge is 2.54. The standard InChI is InChI=1S/C35H34FN9O8S2/c36-23-14-21(5-6-24(23)46)38-25(47)16-43-10-7-18(8-11-43)15-44-12-9-19(31(44)49)13-20-17-54-33-27(32(50)45(33)28(20)34(51)52)39-30(48)26(29-40-35(37)55-42-29)41-53-22-3-1-2-4-22/h5-8,10-11,13-14,22,27,33H,1-4,9,12,15-17H2,(H5-,37,38,39,40,41,42,46,47,48,51,52)/p+1/b19-13+/t27-,33-/m1/s1. The second-order valence-corrected chi connectivity index (χ2v) is 15.1. The molecule has 0 spiro atoms. The number of anilines is 2. The SMILES string of the molecule is Nc1nc(/C(=N/OC2CCCC2)C(=O)N[C@@H]2C(=O)N3C(C(=O)O)=C(/C=C4\CCN(Cc5cc[n+](CC(=O)Nc6ccc(O)c(F)c6)cc5)C4=O)CS[C@H]23)ns1. The van der Waals surface area contributed by atoms with Crippen molar-refractivity contribution < 1.29 is 48.0 Å². The van der Waals surface area contributed by atoms with Crippen LogP contribution in [0.2, 0.25) is 0 Å². The molecule has 5 heterocycles. The topological polar surface area (TPSA) is 234 Å². The van der Waals surface area contributed by atoms with Gasteiger partial charge >= 0.3 is 5.97 Å². The van der Waals surface area contributed by atoms with E-state index in [0.29, 0.717) is 24.1 Å². The van der Waals surface area contributed by atoms with Crippen LogP contribution in [0.15, 0.2) is 70.8 Å². The van der Waals surface area contributed by atoms with Gasteiger partial charge in [-0.25, -0.2) is 9.18 Å². The van der Waals surface area contributed by atoms with Crippen molar-refractivity contribution in [3.05, 3.63) is 82.8 Å². The quantitative estimate of drug-likeness (QED) is 0.0440. The Morgan fingerprint density at radius 2 is 1.93 bits per heavy atom. The van der Waals surface area contributed by atoms with E-state index in [1.807, 2.05) is 0 Å². The summed E-state index contributed by atoms with van der Waals surface area (Å²) in [7, 11) is 0. The van der Waals surface area contributed by atoms with Crippen LogP contribution in [0.3, 0.4) is 0 Å². The number of thioether (sulfide) groups is 1. The zero-order valence-corrected chi connectivity index (χ0v) is 30.6. The smallest absolute Gasteiger partial charge is 0.352 e. The number of benzene rings is 1. The van der Waals surface area contributed by atoms with Crippen LogP contribution in [0.1, 0.15) is 43.5 Å². The summed E-state index contributed by atoms with van der Waals surface area (Å²) in [5.74, 6) is -4.66. The Balaban J connectivity index is 0.977. The van der Waals surface area contributed by atoms with Crippen molar-refractivity contribution in [3.63, 3.8) is 0 Å². The van der Waals surface area contributed by atoms with E-state index in [-0.39, 0.29) is 58.9 Å². The molecule has 17 nitrogen and oxygen atoms in total. The van der Waals surface area contributed by atoms with Crippen molar-refractivity contribution in [2.45, 2.75) is 62.7 Å². The number of nitrogens with one attached hydrogen (secondary N) is 2. The predicted molar refractivity (Wildman–Crippen MR) is 195 cm³/mol. The molecule has 1 saturated carbocycles. The Hall–Kier alpha value is -5.89. The molecule has 3 fully saturated rings. The Morgan fingerprint density at radius 1 is 1.16 bits per heavy atom. The molecule has 0 radical (unpaired) electrons. The van der Waals surface area contributed by atoms with E-state index in [1.165, 1.54) is 23.9 Å². The van der Waals surface area contributed by atoms with Crippen LogP contribution in [0, 0.1) is 5.82 Å². The highest BCUT2D eigenvalue weighted by Crippen LogP contribution is 2.41. The molecule has 0 unspecified atom stereocenters. The fourth-order valence-corrected chi connectivity index (χ4v) is 8.37. The third-order valence-corrected chi connectivity index (χ3v) is 11.2. The second-order valence-electron chi connectivity index (χ2n) is 13.2. The number of carboxylic acid groups (broad SMARTS) is 1. The van der Waals surface area contributed by atoms with Crippen LogP contribution in [-0.2, 0) is 41.9 Å². The Bertz CT molecular complexity index is 2150. The zero-order valence-electron chi connectivity index (χ0n) is 29.0. The fourth-order valence-electron chi connectivity index (χ4n) is 6.63. The second kappa shape index (κ2) is 15.8. The molecule has 2 atom stereocenters. The van der Waals surface area contributed by atoms with E-state index < -0.39 is 46.7 Å². The normalized spacial score (nSPS) is 20.8. The van der Waals surface area contributed by atoms with Gasteiger partial charge in [-0.15, -0.1) is 11.8 Å². The molecule has 3 aromatic rings. The number of aliphatic carboxylic acids is 1. The number of carboxylic acids is 1. The maximum atomic E-state index is 13.6. The minimum Gasteiger partial charge on any atom is -0.505 e. The average Bonchev–Trinajstić information content (AvgIpc) is 3.92. The van der Waals surface area contributed by atoms with Gasteiger partial charge in [0, 0.05) is 59.8 Å². The first-order valence-corrected chi connectivity index (χ1v) is 19.1. The minimum atomic E-state index is -1.34. The molecule has 4 aliphatic rings. The number of phenols is 1. The number of nitrogens with two attached hydrogens (primary N) is 1. The van der Waals surface area contributed by atoms with Gasteiger partial charge in [0.2, 0.25) is 24.0 Å². The molecule has 3 aliphatic heterocycles. The summed E-state index contributed by atoms with van der Waals surface area (Å²) in [6.07, 6.45) is 8.63. The number of allylic oxidation sites excluding steroid dienone is 1. The third kappa shape index (κ3) is 8.14. The van der Waals surface area contributed by atoms with Crippen molar-refractivity contribution in [2.24, 2.45) is 5.16 Å². The van der Waals surface area contributed by atoms with Gasteiger partial charge in [0.25, 0.3) is 17.7 Å². The van der Waals surface area contributed by atoms with E-state index in [1.54, 1.807) is 34.0 Å². The maximum absolute atomic E-state index is 13.6. The molecular weight excluding hydrogens is 758 g/mol. The monoisotopic (exact) mass is 792 g/mol. The van der Waals surface area contributed by atoms with Crippen LogP contribution < -0.4 is 20.9 Å². The number of hydrogen-bond acceptors (Lipinski definition) is 13.